The Morgan fingerprint density at radius 3 is 2.52 bits per heavy atom. The van der Waals surface area contributed by atoms with Crippen molar-refractivity contribution in [3.8, 4) is 0 Å². The maximum Gasteiger partial charge on any atom is 0.250 e. The largest absolute Gasteiger partial charge is 0.393 e. The number of Topliss-reactive ketones (excluding diaryl/α,β-unsaturated/α-hetero) is 1. The van der Waals surface area contributed by atoms with Gasteiger partial charge in [-0.1, -0.05) is 61.9 Å². The molecule has 2 N–H and O–H groups in total. The number of amides is 1. The predicted molar refractivity (Wildman–Crippen MR) is 159 cm³/mol. The van der Waals surface area contributed by atoms with Crippen LogP contribution in [0.15, 0.2) is 60.2 Å². The summed E-state index contributed by atoms with van der Waals surface area (Å²) >= 11 is 0. The van der Waals surface area contributed by atoms with Gasteiger partial charge in [0.25, 0.3) is 5.91 Å². The number of ketones is 1. The van der Waals surface area contributed by atoms with Crippen LogP contribution in [0, 0.1) is 39.8 Å². The van der Waals surface area contributed by atoms with Crippen molar-refractivity contribution in [2.24, 2.45) is 34.0 Å². The molecule has 1 amide bonds. The van der Waals surface area contributed by atoms with E-state index in [9.17, 15) is 9.90 Å². The number of carbonyl (C=O) groups excluding carboxylic acids is 2. The molecule has 42 heavy (non-hydrogen) atoms. The number of nitrogens with zero attached hydrogens (tertiary/aromatic N) is 1. The quantitative estimate of drug-likeness (QED) is 0.403. The summed E-state index contributed by atoms with van der Waals surface area (Å²) in [7, 11) is 1.95. The number of carbonyl (C=O) groups is 2. The monoisotopic (exact) mass is 568 g/mol. The molecule has 6 aliphatic rings. The number of hydrogen-bond acceptors (Lipinski definition) is 4. The van der Waals surface area contributed by atoms with Gasteiger partial charge in [-0.3, -0.25) is 14.5 Å². The van der Waals surface area contributed by atoms with Gasteiger partial charge in [-0.25, -0.2) is 4.39 Å². The summed E-state index contributed by atoms with van der Waals surface area (Å²) in [5.74, 6) is 0.117. The summed E-state index contributed by atoms with van der Waals surface area (Å²) in [5.41, 5.74) is 0.709. The molecule has 2 aromatic carbocycles. The zero-order valence-electron chi connectivity index (χ0n) is 24.8. The average Bonchev–Trinajstić information content (AvgIpc) is 3.51. The molecule has 9 atom stereocenters. The Kier molecular flexibility index (Phi) is 5.50. The van der Waals surface area contributed by atoms with Gasteiger partial charge in [0.15, 0.2) is 0 Å². The maximum atomic E-state index is 15.7. The van der Waals surface area contributed by atoms with Crippen molar-refractivity contribution in [3.63, 3.8) is 0 Å². The van der Waals surface area contributed by atoms with Gasteiger partial charge in [-0.15, -0.1) is 0 Å². The molecule has 3 saturated carbocycles. The lowest BCUT2D eigenvalue weighted by atomic mass is 9.48. The van der Waals surface area contributed by atoms with Gasteiger partial charge >= 0.3 is 0 Å². The Hall–Kier alpha value is -2.83. The van der Waals surface area contributed by atoms with Crippen LogP contribution in [-0.4, -0.2) is 41.4 Å². The van der Waals surface area contributed by atoms with Crippen molar-refractivity contribution in [1.82, 2.24) is 4.90 Å². The van der Waals surface area contributed by atoms with E-state index in [0.29, 0.717) is 30.4 Å². The van der Waals surface area contributed by atoms with E-state index in [1.165, 1.54) is 11.6 Å². The summed E-state index contributed by atoms with van der Waals surface area (Å²) in [6.07, 6.45) is 7.92. The molecule has 2 spiro atoms. The Bertz CT molecular complexity index is 1550. The number of nitrogens with one attached hydrogen (secondary N) is 1. The number of aliphatic hydroxyl groups excluding tert-OH is 1. The highest BCUT2D eigenvalue weighted by Gasteiger charge is 2.80. The topological polar surface area (TPSA) is 69.6 Å². The minimum Gasteiger partial charge on any atom is -0.393 e. The standard InChI is InChI=1S/C36H41FN2O3/c1-33-16-14-22(40)18-21(33)12-13-23-25(33)15-17-34(2)27(23)19-35(31(34)41)28(24-8-4-6-10-29(24)37)20-39(3)36(35)26-9-5-7-11-30(26)38-32(36)42/h4-12,22-23,25,27-28,40H,13-20H2,1-3H3,(H,38,42)/t22-,23+,25-,27-,28-,33-,34-,35+,36+/m0/s1. The van der Waals surface area contributed by atoms with E-state index in [-0.39, 0.29) is 34.9 Å². The molecule has 8 rings (SSSR count). The minimum absolute atomic E-state index is 0.0364. The summed E-state index contributed by atoms with van der Waals surface area (Å²) in [4.78, 5) is 32.1. The van der Waals surface area contributed by atoms with Crippen LogP contribution in [0.5, 0.6) is 0 Å². The number of aliphatic hydroxyl groups is 1. The third-order valence-corrected chi connectivity index (χ3v) is 13.4. The lowest BCUT2D eigenvalue weighted by Crippen LogP contribution is -2.58. The van der Waals surface area contributed by atoms with E-state index in [1.54, 1.807) is 6.07 Å². The number of fused-ring (bicyclic) bond motifs is 8. The number of likely N-dealkylation sites (tertiary alicyclic amines) is 1. The van der Waals surface area contributed by atoms with E-state index in [1.807, 2.05) is 43.4 Å². The molecule has 2 aromatic rings. The summed E-state index contributed by atoms with van der Waals surface area (Å²) in [6.45, 7) is 5.00. The second kappa shape index (κ2) is 8.63. The first kappa shape index (κ1) is 26.8. The molecule has 2 aliphatic heterocycles. The predicted octanol–water partition coefficient (Wildman–Crippen LogP) is 6.19. The van der Waals surface area contributed by atoms with Gasteiger partial charge in [0.05, 0.1) is 11.5 Å². The van der Waals surface area contributed by atoms with Crippen LogP contribution in [0.3, 0.4) is 0 Å². The molecule has 4 aliphatic carbocycles. The van der Waals surface area contributed by atoms with Crippen LogP contribution in [-0.2, 0) is 15.1 Å². The molecule has 2 heterocycles. The van der Waals surface area contributed by atoms with Crippen molar-refractivity contribution in [2.75, 3.05) is 18.9 Å². The van der Waals surface area contributed by atoms with Gasteiger partial charge in [-0.2, -0.15) is 0 Å². The zero-order chi connectivity index (χ0) is 29.2. The summed E-state index contributed by atoms with van der Waals surface area (Å²) in [6, 6.07) is 14.7. The van der Waals surface area contributed by atoms with Gasteiger partial charge in [-0.05, 0) is 92.9 Å². The molecule has 1 saturated heterocycles. The van der Waals surface area contributed by atoms with Crippen molar-refractivity contribution in [3.05, 3.63) is 77.1 Å². The minimum atomic E-state index is -1.20. The molecule has 5 nitrogen and oxygen atoms in total. The number of para-hydroxylation sites is 1. The number of rotatable bonds is 1. The third kappa shape index (κ3) is 2.96. The zero-order valence-corrected chi connectivity index (χ0v) is 24.8. The van der Waals surface area contributed by atoms with E-state index in [4.69, 9.17) is 0 Å². The molecular weight excluding hydrogens is 527 g/mol. The summed E-state index contributed by atoms with van der Waals surface area (Å²) in [5, 5.41) is 13.6. The van der Waals surface area contributed by atoms with Crippen molar-refractivity contribution >= 4 is 17.4 Å². The fourth-order valence-electron chi connectivity index (χ4n) is 11.5. The highest BCUT2D eigenvalue weighted by molar-refractivity contribution is 6.12. The fourth-order valence-corrected chi connectivity index (χ4v) is 11.5. The van der Waals surface area contributed by atoms with Crippen LogP contribution < -0.4 is 5.32 Å². The Balaban J connectivity index is 1.34. The van der Waals surface area contributed by atoms with E-state index in [2.05, 4.69) is 30.1 Å². The van der Waals surface area contributed by atoms with Gasteiger partial charge in [0.1, 0.15) is 17.1 Å². The lowest BCUT2D eigenvalue weighted by molar-refractivity contribution is -0.148. The Morgan fingerprint density at radius 2 is 1.71 bits per heavy atom. The van der Waals surface area contributed by atoms with E-state index >= 15 is 9.18 Å². The van der Waals surface area contributed by atoms with Gasteiger partial charge in [0, 0.05) is 29.1 Å². The van der Waals surface area contributed by atoms with Crippen LogP contribution >= 0.6 is 0 Å². The number of halogens is 1. The molecule has 220 valence electrons. The van der Waals surface area contributed by atoms with Crippen molar-refractivity contribution in [2.45, 2.75) is 76.4 Å². The second-order valence-electron chi connectivity index (χ2n) is 14.8. The molecule has 6 heteroatoms. The third-order valence-electron chi connectivity index (χ3n) is 13.4. The number of anilines is 1. The Morgan fingerprint density at radius 1 is 0.976 bits per heavy atom. The van der Waals surface area contributed by atoms with Gasteiger partial charge in [0.2, 0.25) is 0 Å². The van der Waals surface area contributed by atoms with E-state index < -0.39 is 22.3 Å². The molecule has 0 unspecified atom stereocenters. The molecule has 4 fully saturated rings. The fraction of sp³-hybridized carbons (Fsp3) is 0.556. The first-order valence-corrected chi connectivity index (χ1v) is 15.9. The second-order valence-corrected chi connectivity index (χ2v) is 14.8. The number of benzene rings is 2. The smallest absolute Gasteiger partial charge is 0.250 e. The van der Waals surface area contributed by atoms with Crippen molar-refractivity contribution < 1.29 is 19.1 Å². The number of hydrogen-bond donors (Lipinski definition) is 2. The molecule has 0 aromatic heterocycles. The van der Waals surface area contributed by atoms with E-state index in [0.717, 1.165) is 49.8 Å². The first-order chi connectivity index (χ1) is 20.1. The SMILES string of the molecule is CN1C[C@@H](c2ccccc2F)[C@@]2(C[C@H]3[C@@H]4CC=C5C[C@@H](O)CC[C@]5(C)[C@H]4CC[C@]3(C)C2=O)[C@@]12C(=O)Nc1ccccc12. The first-order valence-electron chi connectivity index (χ1n) is 15.9. The van der Waals surface area contributed by atoms with Gasteiger partial charge < -0.3 is 10.4 Å². The molecule has 0 radical (unpaired) electrons. The highest BCUT2D eigenvalue weighted by atomic mass is 19.1. The van der Waals surface area contributed by atoms with Crippen LogP contribution in [0.2, 0.25) is 0 Å². The number of likely N-dealkylation sites (N-methyl/N-ethyl adjacent to an activating group) is 1. The molecule has 0 bridgehead atoms. The maximum absolute atomic E-state index is 15.7. The Labute approximate surface area is 247 Å². The van der Waals surface area contributed by atoms with Crippen LogP contribution in [0.1, 0.15) is 75.8 Å². The normalized spacial score (nSPS) is 44.0. The number of allylic oxidation sites excluding steroid dienone is 1. The highest BCUT2D eigenvalue weighted by Crippen LogP contribution is 2.75. The van der Waals surface area contributed by atoms with Crippen LogP contribution in [0.25, 0.3) is 0 Å². The van der Waals surface area contributed by atoms with Crippen molar-refractivity contribution in [1.29, 1.82) is 0 Å². The lowest BCUT2D eigenvalue weighted by Gasteiger charge is -2.56. The van der Waals surface area contributed by atoms with Crippen LogP contribution in [0.4, 0.5) is 10.1 Å². The molecular formula is C36H41FN2O3. The summed E-state index contributed by atoms with van der Waals surface area (Å²) < 4.78 is 15.7. The average molecular weight is 569 g/mol.